The van der Waals surface area contributed by atoms with Crippen LogP contribution in [0.2, 0.25) is 0 Å². The lowest BCUT2D eigenvalue weighted by Crippen LogP contribution is -2.31. The number of methoxy groups -OCH3 is 1. The van der Waals surface area contributed by atoms with Crippen molar-refractivity contribution in [3.05, 3.63) is 35.9 Å². The van der Waals surface area contributed by atoms with Crippen LogP contribution in [0.4, 0.5) is 0 Å². The molecular formula is C15H24N2O2. The summed E-state index contributed by atoms with van der Waals surface area (Å²) in [7, 11) is 1.55. The number of amides is 1. The van der Waals surface area contributed by atoms with Crippen molar-refractivity contribution in [3.63, 3.8) is 0 Å². The smallest absolute Gasteiger partial charge is 0.253 e. The van der Waals surface area contributed by atoms with Crippen molar-refractivity contribution in [1.82, 2.24) is 5.32 Å². The highest BCUT2D eigenvalue weighted by Crippen LogP contribution is 2.16. The molecule has 4 nitrogen and oxygen atoms in total. The number of ether oxygens (including phenoxy) is 1. The summed E-state index contributed by atoms with van der Waals surface area (Å²) in [6.45, 7) is 3.47. The van der Waals surface area contributed by atoms with Crippen LogP contribution in [0.25, 0.3) is 0 Å². The fourth-order valence-electron chi connectivity index (χ4n) is 1.89. The Kier molecular flexibility index (Phi) is 7.15. The van der Waals surface area contributed by atoms with Crippen molar-refractivity contribution >= 4 is 5.91 Å². The third-order valence-electron chi connectivity index (χ3n) is 3.15. The van der Waals surface area contributed by atoms with Crippen LogP contribution in [-0.2, 0) is 9.53 Å². The van der Waals surface area contributed by atoms with E-state index in [0.29, 0.717) is 19.0 Å². The summed E-state index contributed by atoms with van der Waals surface area (Å²) in [5, 5.41) is 2.91. The highest BCUT2D eigenvalue weighted by atomic mass is 16.5. The molecule has 0 radical (unpaired) electrons. The maximum Gasteiger partial charge on any atom is 0.253 e. The fourth-order valence-corrected chi connectivity index (χ4v) is 1.89. The molecule has 0 heterocycles. The molecule has 4 heteroatoms. The number of rotatable bonds is 8. The lowest BCUT2D eigenvalue weighted by Gasteiger charge is -2.16. The highest BCUT2D eigenvalue weighted by Gasteiger charge is 2.18. The van der Waals surface area contributed by atoms with Gasteiger partial charge in [-0.3, -0.25) is 4.79 Å². The van der Waals surface area contributed by atoms with Crippen LogP contribution in [0.1, 0.15) is 31.4 Å². The molecule has 0 aliphatic rings. The summed E-state index contributed by atoms with van der Waals surface area (Å²) in [5.74, 6) is 0.415. The van der Waals surface area contributed by atoms with Crippen molar-refractivity contribution in [1.29, 1.82) is 0 Å². The second kappa shape index (κ2) is 8.67. The second-order valence-electron chi connectivity index (χ2n) is 4.80. The minimum Gasteiger partial charge on any atom is -0.367 e. The SMILES string of the molecule is COC(C(=O)NCCCC(C)CN)c1ccccc1. The van der Waals surface area contributed by atoms with Gasteiger partial charge in [0.05, 0.1) is 0 Å². The molecular weight excluding hydrogens is 240 g/mol. The van der Waals surface area contributed by atoms with Crippen LogP contribution in [0.5, 0.6) is 0 Å². The van der Waals surface area contributed by atoms with Gasteiger partial charge in [0.25, 0.3) is 5.91 Å². The van der Waals surface area contributed by atoms with Gasteiger partial charge in [-0.25, -0.2) is 0 Å². The quantitative estimate of drug-likeness (QED) is 0.704. The topological polar surface area (TPSA) is 64.3 Å². The summed E-state index contributed by atoms with van der Waals surface area (Å²) in [5.41, 5.74) is 6.43. The van der Waals surface area contributed by atoms with Crippen LogP contribution in [0, 0.1) is 5.92 Å². The Morgan fingerprint density at radius 1 is 1.37 bits per heavy atom. The van der Waals surface area contributed by atoms with Gasteiger partial charge >= 0.3 is 0 Å². The lowest BCUT2D eigenvalue weighted by atomic mass is 10.1. The van der Waals surface area contributed by atoms with E-state index < -0.39 is 6.10 Å². The van der Waals surface area contributed by atoms with Gasteiger partial charge in [-0.2, -0.15) is 0 Å². The maximum atomic E-state index is 12.0. The molecule has 0 saturated carbocycles. The van der Waals surface area contributed by atoms with E-state index in [-0.39, 0.29) is 5.91 Å². The highest BCUT2D eigenvalue weighted by molar-refractivity contribution is 5.82. The van der Waals surface area contributed by atoms with E-state index in [1.165, 1.54) is 0 Å². The molecule has 3 N–H and O–H groups in total. The third-order valence-corrected chi connectivity index (χ3v) is 3.15. The fraction of sp³-hybridized carbons (Fsp3) is 0.533. The summed E-state index contributed by atoms with van der Waals surface area (Å²) in [6.07, 6.45) is 1.43. The first-order valence-corrected chi connectivity index (χ1v) is 6.74. The minimum atomic E-state index is -0.534. The Balaban J connectivity index is 2.39. The number of nitrogens with one attached hydrogen (secondary N) is 1. The summed E-state index contributed by atoms with van der Waals surface area (Å²) in [6, 6.07) is 9.51. The molecule has 0 spiro atoms. The van der Waals surface area contributed by atoms with Gasteiger partial charge in [0, 0.05) is 13.7 Å². The van der Waals surface area contributed by atoms with Crippen LogP contribution in [-0.4, -0.2) is 26.1 Å². The first-order chi connectivity index (χ1) is 9.19. The molecule has 1 rings (SSSR count). The Labute approximate surface area is 115 Å². The van der Waals surface area contributed by atoms with Gasteiger partial charge in [-0.1, -0.05) is 37.3 Å². The monoisotopic (exact) mass is 264 g/mol. The average molecular weight is 264 g/mol. The van der Waals surface area contributed by atoms with E-state index in [2.05, 4.69) is 12.2 Å². The standard InChI is InChI=1S/C15H24N2O2/c1-12(11-16)7-6-10-17-15(18)14(19-2)13-8-4-3-5-9-13/h3-5,8-9,12,14H,6-7,10-11,16H2,1-2H3,(H,17,18). The van der Waals surface area contributed by atoms with Gasteiger partial charge in [0.1, 0.15) is 0 Å². The van der Waals surface area contributed by atoms with Gasteiger partial charge in [-0.15, -0.1) is 0 Å². The number of hydrogen-bond donors (Lipinski definition) is 2. The number of benzene rings is 1. The number of nitrogens with two attached hydrogens (primary N) is 1. The zero-order chi connectivity index (χ0) is 14.1. The largest absolute Gasteiger partial charge is 0.367 e. The average Bonchev–Trinajstić information content (AvgIpc) is 2.45. The van der Waals surface area contributed by atoms with E-state index in [0.717, 1.165) is 18.4 Å². The van der Waals surface area contributed by atoms with E-state index in [1.807, 2.05) is 30.3 Å². The summed E-state index contributed by atoms with van der Waals surface area (Å²) in [4.78, 5) is 12.0. The predicted octanol–water partition coefficient (Wildman–Crippen LogP) is 1.87. The first-order valence-electron chi connectivity index (χ1n) is 6.74. The molecule has 0 aromatic heterocycles. The van der Waals surface area contributed by atoms with Gasteiger partial charge in [0.2, 0.25) is 0 Å². The molecule has 2 unspecified atom stereocenters. The number of carbonyl (C=O) groups excluding carboxylic acids is 1. The van der Waals surface area contributed by atoms with Gasteiger partial charge in [-0.05, 0) is 30.9 Å². The first kappa shape index (κ1) is 15.7. The third kappa shape index (κ3) is 5.41. The zero-order valence-corrected chi connectivity index (χ0v) is 11.8. The van der Waals surface area contributed by atoms with E-state index >= 15 is 0 Å². The molecule has 1 amide bonds. The predicted molar refractivity (Wildman–Crippen MR) is 76.7 cm³/mol. The van der Waals surface area contributed by atoms with Crippen molar-refractivity contribution < 1.29 is 9.53 Å². The minimum absolute atomic E-state index is 0.0888. The van der Waals surface area contributed by atoms with Crippen molar-refractivity contribution in [3.8, 4) is 0 Å². The summed E-state index contributed by atoms with van der Waals surface area (Å²) >= 11 is 0. The van der Waals surface area contributed by atoms with Crippen molar-refractivity contribution in [2.75, 3.05) is 20.2 Å². The summed E-state index contributed by atoms with van der Waals surface area (Å²) < 4.78 is 5.27. The number of hydrogen-bond acceptors (Lipinski definition) is 3. The van der Waals surface area contributed by atoms with E-state index in [4.69, 9.17) is 10.5 Å². The second-order valence-corrected chi connectivity index (χ2v) is 4.80. The van der Waals surface area contributed by atoms with Gasteiger partial charge < -0.3 is 15.8 Å². The zero-order valence-electron chi connectivity index (χ0n) is 11.8. The molecule has 0 aliphatic heterocycles. The molecule has 1 aromatic rings. The Bertz CT molecular complexity index is 368. The van der Waals surface area contributed by atoms with E-state index in [9.17, 15) is 4.79 Å². The van der Waals surface area contributed by atoms with Crippen molar-refractivity contribution in [2.45, 2.75) is 25.9 Å². The molecule has 1 aromatic carbocycles. The molecule has 19 heavy (non-hydrogen) atoms. The maximum absolute atomic E-state index is 12.0. The van der Waals surface area contributed by atoms with Gasteiger partial charge in [0.15, 0.2) is 6.10 Å². The molecule has 0 aliphatic carbocycles. The molecule has 106 valence electrons. The lowest BCUT2D eigenvalue weighted by molar-refractivity contribution is -0.131. The number of carbonyl (C=O) groups is 1. The molecule has 0 fully saturated rings. The molecule has 0 bridgehead atoms. The Morgan fingerprint density at radius 2 is 2.05 bits per heavy atom. The van der Waals surface area contributed by atoms with Crippen LogP contribution >= 0.6 is 0 Å². The molecule has 0 saturated heterocycles. The molecule has 2 atom stereocenters. The van der Waals surface area contributed by atoms with E-state index in [1.54, 1.807) is 7.11 Å². The van der Waals surface area contributed by atoms with Crippen LogP contribution in [0.15, 0.2) is 30.3 Å². The van der Waals surface area contributed by atoms with Crippen molar-refractivity contribution in [2.24, 2.45) is 11.7 Å². The Morgan fingerprint density at radius 3 is 2.63 bits per heavy atom. The normalized spacial score (nSPS) is 13.8. The van der Waals surface area contributed by atoms with Crippen LogP contribution in [0.3, 0.4) is 0 Å². The Hall–Kier alpha value is -1.39. The van der Waals surface area contributed by atoms with Crippen LogP contribution < -0.4 is 11.1 Å².